The van der Waals surface area contributed by atoms with Gasteiger partial charge in [0.2, 0.25) is 0 Å². The van der Waals surface area contributed by atoms with Crippen LogP contribution in [0.4, 0.5) is 4.79 Å². The summed E-state index contributed by atoms with van der Waals surface area (Å²) in [5.41, 5.74) is 3.50. The number of hydrogen-bond acceptors (Lipinski definition) is 5. The molecule has 2 N–H and O–H groups in total. The summed E-state index contributed by atoms with van der Waals surface area (Å²) >= 11 is 0. The van der Waals surface area contributed by atoms with E-state index in [0.717, 1.165) is 5.56 Å². The average Bonchev–Trinajstić information content (AvgIpc) is 2.97. The Morgan fingerprint density at radius 3 is 2.17 bits per heavy atom. The topological polar surface area (TPSA) is 105 Å². The van der Waals surface area contributed by atoms with Crippen LogP contribution in [0.2, 0.25) is 0 Å². The largest absolute Gasteiger partial charge is 0.445 e. The third-order valence-corrected chi connectivity index (χ3v) is 4.24. The summed E-state index contributed by atoms with van der Waals surface area (Å²) < 4.78 is 4.88. The Balaban J connectivity index is 1.75. The van der Waals surface area contributed by atoms with Crippen LogP contribution in [-0.2, 0) is 16.0 Å². The van der Waals surface area contributed by atoms with Gasteiger partial charge in [-0.3, -0.25) is 19.8 Å². The molecule has 2 aromatic carbocycles. The summed E-state index contributed by atoms with van der Waals surface area (Å²) in [6.45, 7) is 3.43. The van der Waals surface area contributed by atoms with Gasteiger partial charge in [-0.2, -0.15) is 5.01 Å². The van der Waals surface area contributed by atoms with Crippen molar-refractivity contribution in [1.29, 1.82) is 0 Å². The Labute approximate surface area is 167 Å². The molecule has 8 nitrogen and oxygen atoms in total. The molecule has 0 aromatic heterocycles. The van der Waals surface area contributed by atoms with E-state index >= 15 is 0 Å². The van der Waals surface area contributed by atoms with Crippen molar-refractivity contribution in [2.24, 2.45) is 0 Å². The number of hydrogen-bond donors (Lipinski definition) is 2. The van der Waals surface area contributed by atoms with E-state index in [4.69, 9.17) is 4.74 Å². The van der Waals surface area contributed by atoms with E-state index in [1.54, 1.807) is 36.4 Å². The smallest absolute Gasteiger partial charge is 0.408 e. The minimum atomic E-state index is -1.07. The first-order valence-electron chi connectivity index (χ1n) is 8.87. The summed E-state index contributed by atoms with van der Waals surface area (Å²) in [6, 6.07) is 14.2. The molecule has 4 amide bonds. The van der Waals surface area contributed by atoms with Crippen molar-refractivity contribution in [1.82, 2.24) is 15.8 Å². The molecule has 1 aliphatic rings. The number of rotatable bonds is 7. The second kappa shape index (κ2) is 8.83. The molecule has 8 heteroatoms. The molecule has 0 saturated heterocycles. The molecular formula is C21H19N3O5. The molecule has 0 unspecified atom stereocenters. The lowest BCUT2D eigenvalue weighted by molar-refractivity contribution is -0.126. The van der Waals surface area contributed by atoms with Gasteiger partial charge in [-0.1, -0.05) is 55.1 Å². The summed E-state index contributed by atoms with van der Waals surface area (Å²) in [5, 5.41) is 3.11. The van der Waals surface area contributed by atoms with Gasteiger partial charge in [0.25, 0.3) is 17.7 Å². The molecule has 0 bridgehead atoms. The number of alkyl carbamates (subject to hydrolysis) is 1. The number of nitrogens with zero attached hydrogens (tertiary/aromatic N) is 1. The number of benzene rings is 2. The maximum atomic E-state index is 12.8. The van der Waals surface area contributed by atoms with Crippen LogP contribution in [0.25, 0.3) is 0 Å². The van der Waals surface area contributed by atoms with Crippen molar-refractivity contribution in [3.05, 3.63) is 83.9 Å². The second-order valence-corrected chi connectivity index (χ2v) is 6.24. The second-order valence-electron chi connectivity index (χ2n) is 6.24. The fourth-order valence-electron chi connectivity index (χ4n) is 2.86. The molecule has 0 radical (unpaired) electrons. The predicted molar refractivity (Wildman–Crippen MR) is 104 cm³/mol. The van der Waals surface area contributed by atoms with Crippen molar-refractivity contribution in [3.63, 3.8) is 0 Å². The lowest BCUT2D eigenvalue weighted by atomic mass is 10.1. The Morgan fingerprint density at radius 1 is 1.00 bits per heavy atom. The zero-order valence-electron chi connectivity index (χ0n) is 15.5. The lowest BCUT2D eigenvalue weighted by Crippen LogP contribution is -2.55. The van der Waals surface area contributed by atoms with Gasteiger partial charge in [0.15, 0.2) is 0 Å². The van der Waals surface area contributed by atoms with Crippen molar-refractivity contribution >= 4 is 23.8 Å². The summed E-state index contributed by atoms with van der Waals surface area (Å²) in [4.78, 5) is 49.7. The first-order chi connectivity index (χ1) is 14.0. The van der Waals surface area contributed by atoms with Gasteiger partial charge in [-0.15, -0.1) is 0 Å². The van der Waals surface area contributed by atoms with E-state index < -0.39 is 29.9 Å². The number of carbonyl (C=O) groups is 4. The van der Waals surface area contributed by atoms with Crippen LogP contribution in [0.3, 0.4) is 0 Å². The van der Waals surface area contributed by atoms with Gasteiger partial charge in [-0.05, 0) is 17.7 Å². The molecule has 1 atom stereocenters. The summed E-state index contributed by atoms with van der Waals surface area (Å²) in [5.74, 6) is -1.99. The molecule has 0 aliphatic carbocycles. The Bertz CT molecular complexity index is 923. The van der Waals surface area contributed by atoms with Crippen molar-refractivity contribution in [2.45, 2.75) is 12.5 Å². The highest BCUT2D eigenvalue weighted by molar-refractivity contribution is 6.21. The Kier molecular flexibility index (Phi) is 6.03. The van der Waals surface area contributed by atoms with Crippen LogP contribution < -0.4 is 10.7 Å². The molecule has 148 valence electrons. The van der Waals surface area contributed by atoms with Gasteiger partial charge in [0, 0.05) is 6.42 Å². The molecule has 29 heavy (non-hydrogen) atoms. The Hall–Kier alpha value is -3.94. The number of ether oxygens (including phenoxy) is 1. The van der Waals surface area contributed by atoms with Crippen LogP contribution >= 0.6 is 0 Å². The predicted octanol–water partition coefficient (Wildman–Crippen LogP) is 1.84. The van der Waals surface area contributed by atoms with Crippen LogP contribution in [0.1, 0.15) is 26.3 Å². The van der Waals surface area contributed by atoms with Crippen molar-refractivity contribution in [3.8, 4) is 0 Å². The van der Waals surface area contributed by atoms with Crippen molar-refractivity contribution in [2.75, 3.05) is 6.61 Å². The van der Waals surface area contributed by atoms with Crippen LogP contribution in [0, 0.1) is 0 Å². The maximum Gasteiger partial charge on any atom is 0.408 e. The first-order valence-corrected chi connectivity index (χ1v) is 8.87. The number of hydrazine groups is 1. The number of fused-ring (bicyclic) bond motifs is 1. The van der Waals surface area contributed by atoms with E-state index in [-0.39, 0.29) is 24.2 Å². The van der Waals surface area contributed by atoms with Crippen LogP contribution in [-0.4, -0.2) is 41.5 Å². The number of imide groups is 1. The molecule has 3 rings (SSSR count). The fourth-order valence-corrected chi connectivity index (χ4v) is 2.86. The van der Waals surface area contributed by atoms with Crippen molar-refractivity contribution < 1.29 is 23.9 Å². The monoisotopic (exact) mass is 393 g/mol. The fraction of sp³-hybridized carbons (Fsp3) is 0.143. The van der Waals surface area contributed by atoms with Gasteiger partial charge < -0.3 is 10.1 Å². The highest BCUT2D eigenvalue weighted by Crippen LogP contribution is 2.20. The molecule has 2 aromatic rings. The highest BCUT2D eigenvalue weighted by Gasteiger charge is 2.37. The maximum absolute atomic E-state index is 12.8. The number of nitrogens with one attached hydrogen (secondary N) is 2. The average molecular weight is 393 g/mol. The minimum absolute atomic E-state index is 0.0239. The SMILES string of the molecule is C=CCOC(=O)N[C@@H](Cc1ccccc1)C(=O)NN1C(=O)c2ccccc2C1=O. The third kappa shape index (κ3) is 4.49. The molecule has 1 aliphatic heterocycles. The van der Waals surface area contributed by atoms with E-state index in [1.165, 1.54) is 18.2 Å². The van der Waals surface area contributed by atoms with E-state index in [0.29, 0.717) is 5.01 Å². The molecule has 1 heterocycles. The van der Waals surface area contributed by atoms with E-state index in [9.17, 15) is 19.2 Å². The van der Waals surface area contributed by atoms with Gasteiger partial charge in [-0.25, -0.2) is 4.79 Å². The van der Waals surface area contributed by atoms with Crippen LogP contribution in [0.15, 0.2) is 67.3 Å². The zero-order chi connectivity index (χ0) is 20.8. The first kappa shape index (κ1) is 19.8. The molecule has 0 saturated carbocycles. The standard InChI is InChI=1S/C21H19N3O5/c1-2-12-29-21(28)22-17(13-14-8-4-3-5-9-14)18(25)23-24-19(26)15-10-6-7-11-16(15)20(24)27/h2-11,17H,1,12-13H2,(H,22,28)(H,23,25)/t17-/m0/s1. The van der Waals surface area contributed by atoms with Gasteiger partial charge in [0.05, 0.1) is 11.1 Å². The molecular weight excluding hydrogens is 374 g/mol. The van der Waals surface area contributed by atoms with E-state index in [1.807, 2.05) is 6.07 Å². The summed E-state index contributed by atoms with van der Waals surface area (Å²) in [7, 11) is 0. The third-order valence-electron chi connectivity index (χ3n) is 4.24. The molecule has 0 spiro atoms. The molecule has 0 fully saturated rings. The highest BCUT2D eigenvalue weighted by atomic mass is 16.5. The summed E-state index contributed by atoms with van der Waals surface area (Å²) in [6.07, 6.45) is 0.715. The quantitative estimate of drug-likeness (QED) is 0.552. The zero-order valence-corrected chi connectivity index (χ0v) is 15.5. The van der Waals surface area contributed by atoms with Gasteiger partial charge in [0.1, 0.15) is 12.6 Å². The lowest BCUT2D eigenvalue weighted by Gasteiger charge is -2.21. The number of amides is 4. The Morgan fingerprint density at radius 2 is 1.59 bits per heavy atom. The normalized spacial score (nSPS) is 13.4. The van der Waals surface area contributed by atoms with E-state index in [2.05, 4.69) is 17.3 Å². The number of carbonyl (C=O) groups excluding carboxylic acids is 4. The van der Waals surface area contributed by atoms with Gasteiger partial charge >= 0.3 is 6.09 Å². The minimum Gasteiger partial charge on any atom is -0.445 e. The van der Waals surface area contributed by atoms with Crippen LogP contribution in [0.5, 0.6) is 0 Å².